The molecule has 3 nitrogen and oxygen atoms in total. The van der Waals surface area contributed by atoms with Crippen molar-refractivity contribution in [1.29, 1.82) is 0 Å². The minimum Gasteiger partial charge on any atom is -0.462 e. The first kappa shape index (κ1) is 12.1. The van der Waals surface area contributed by atoms with Crippen LogP contribution in [-0.4, -0.2) is 17.6 Å². The molecule has 0 amide bonds. The van der Waals surface area contributed by atoms with E-state index in [2.05, 4.69) is 17.1 Å². The van der Waals surface area contributed by atoms with Crippen LogP contribution in [0.2, 0.25) is 5.15 Å². The first-order valence-electron chi connectivity index (χ1n) is 5.69. The average molecular weight is 252 g/mol. The monoisotopic (exact) mass is 251 g/mol. The van der Waals surface area contributed by atoms with Gasteiger partial charge in [0.15, 0.2) is 0 Å². The lowest BCUT2D eigenvalue weighted by molar-refractivity contribution is 0.0432. The number of nitrogens with zero attached hydrogens (tertiary/aromatic N) is 1. The largest absolute Gasteiger partial charge is 0.462 e. The number of hydrogen-bond donors (Lipinski definition) is 0. The van der Waals surface area contributed by atoms with Crippen molar-refractivity contribution in [1.82, 2.24) is 4.98 Å². The first-order valence-corrected chi connectivity index (χ1v) is 6.07. The Balaban J connectivity index is 1.87. The topological polar surface area (TPSA) is 39.2 Å². The summed E-state index contributed by atoms with van der Waals surface area (Å²) in [5.41, 5.74) is 0.455. The summed E-state index contributed by atoms with van der Waals surface area (Å²) < 4.78 is 5.26. The normalized spacial score (nSPS) is 19.0. The van der Waals surface area contributed by atoms with Crippen LogP contribution in [0.4, 0.5) is 0 Å². The van der Waals surface area contributed by atoms with Gasteiger partial charge in [0.05, 0.1) is 12.2 Å². The fraction of sp³-hybridized carbons (Fsp3) is 0.385. The predicted octanol–water partition coefficient (Wildman–Crippen LogP) is 3.25. The lowest BCUT2D eigenvalue weighted by Crippen LogP contribution is -2.15. The standard InChI is InChI=1S/C13H14ClNO2/c14-12-8-11(6-7-15-12)13(16)17-9-10-4-2-1-3-5-10/h1-2,6-8,10H,3-5,9H2. The van der Waals surface area contributed by atoms with Gasteiger partial charge < -0.3 is 4.74 Å². The molecule has 17 heavy (non-hydrogen) atoms. The van der Waals surface area contributed by atoms with Crippen molar-refractivity contribution in [3.05, 3.63) is 41.2 Å². The predicted molar refractivity (Wildman–Crippen MR) is 66.0 cm³/mol. The number of pyridine rings is 1. The number of halogens is 1. The second-order valence-electron chi connectivity index (χ2n) is 4.12. The molecule has 0 spiro atoms. The van der Waals surface area contributed by atoms with Gasteiger partial charge >= 0.3 is 5.97 Å². The summed E-state index contributed by atoms with van der Waals surface area (Å²) >= 11 is 5.71. The fourth-order valence-corrected chi connectivity index (χ4v) is 1.99. The van der Waals surface area contributed by atoms with E-state index >= 15 is 0 Å². The molecule has 1 aromatic rings. The maximum Gasteiger partial charge on any atom is 0.338 e. The highest BCUT2D eigenvalue weighted by Gasteiger charge is 2.14. The molecule has 0 fully saturated rings. The second-order valence-corrected chi connectivity index (χ2v) is 4.50. The van der Waals surface area contributed by atoms with Crippen LogP contribution >= 0.6 is 11.6 Å². The number of carbonyl (C=O) groups excluding carboxylic acids is 1. The summed E-state index contributed by atoms with van der Waals surface area (Å²) in [6, 6.07) is 3.12. The van der Waals surface area contributed by atoms with Crippen LogP contribution < -0.4 is 0 Å². The van der Waals surface area contributed by atoms with Gasteiger partial charge in [-0.2, -0.15) is 0 Å². The summed E-state index contributed by atoms with van der Waals surface area (Å²) in [7, 11) is 0. The molecule has 1 unspecified atom stereocenters. The van der Waals surface area contributed by atoms with Gasteiger partial charge in [-0.15, -0.1) is 0 Å². The van der Waals surface area contributed by atoms with E-state index in [4.69, 9.17) is 16.3 Å². The van der Waals surface area contributed by atoms with E-state index < -0.39 is 0 Å². The van der Waals surface area contributed by atoms with Crippen LogP contribution in [0, 0.1) is 5.92 Å². The van der Waals surface area contributed by atoms with Crippen LogP contribution in [0.25, 0.3) is 0 Å². The third-order valence-corrected chi connectivity index (χ3v) is 3.00. The van der Waals surface area contributed by atoms with Crippen LogP contribution in [0.5, 0.6) is 0 Å². The summed E-state index contributed by atoms with van der Waals surface area (Å²) in [5.74, 6) is 0.116. The Kier molecular flexibility index (Phi) is 4.15. The molecule has 0 N–H and O–H groups in total. The molecule has 1 heterocycles. The minimum absolute atomic E-state index is 0.306. The molecule has 0 radical (unpaired) electrons. The van der Waals surface area contributed by atoms with E-state index in [1.54, 1.807) is 6.07 Å². The zero-order chi connectivity index (χ0) is 12.1. The van der Waals surface area contributed by atoms with Crippen LogP contribution in [0.1, 0.15) is 29.6 Å². The van der Waals surface area contributed by atoms with Gasteiger partial charge in [0.2, 0.25) is 0 Å². The molecule has 0 aromatic carbocycles. The molecule has 0 saturated carbocycles. The number of rotatable bonds is 3. The van der Waals surface area contributed by atoms with E-state index in [0.29, 0.717) is 23.2 Å². The van der Waals surface area contributed by atoms with Gasteiger partial charge in [0, 0.05) is 6.20 Å². The zero-order valence-corrected chi connectivity index (χ0v) is 10.2. The Morgan fingerprint density at radius 3 is 3.12 bits per heavy atom. The molecule has 1 atom stereocenters. The second kappa shape index (κ2) is 5.82. The molecule has 1 aliphatic carbocycles. The maximum absolute atomic E-state index is 11.7. The van der Waals surface area contributed by atoms with Gasteiger partial charge in [-0.3, -0.25) is 0 Å². The highest BCUT2D eigenvalue weighted by Crippen LogP contribution is 2.19. The smallest absolute Gasteiger partial charge is 0.338 e. The lowest BCUT2D eigenvalue weighted by Gasteiger charge is -2.17. The van der Waals surface area contributed by atoms with Crippen molar-refractivity contribution in [3.63, 3.8) is 0 Å². The Morgan fingerprint density at radius 2 is 2.41 bits per heavy atom. The van der Waals surface area contributed by atoms with E-state index in [0.717, 1.165) is 19.3 Å². The molecule has 1 aromatic heterocycles. The average Bonchev–Trinajstić information content (AvgIpc) is 2.37. The van der Waals surface area contributed by atoms with Crippen molar-refractivity contribution < 1.29 is 9.53 Å². The van der Waals surface area contributed by atoms with Gasteiger partial charge in [-0.1, -0.05) is 23.8 Å². The van der Waals surface area contributed by atoms with E-state index in [1.165, 1.54) is 12.3 Å². The summed E-state index contributed by atoms with van der Waals surface area (Å²) in [5, 5.41) is 0.306. The van der Waals surface area contributed by atoms with Crippen LogP contribution in [0.3, 0.4) is 0 Å². The van der Waals surface area contributed by atoms with Gasteiger partial charge in [0.1, 0.15) is 5.15 Å². The highest BCUT2D eigenvalue weighted by atomic mass is 35.5. The van der Waals surface area contributed by atoms with E-state index in [-0.39, 0.29) is 5.97 Å². The van der Waals surface area contributed by atoms with Gasteiger partial charge in [0.25, 0.3) is 0 Å². The zero-order valence-electron chi connectivity index (χ0n) is 9.43. The van der Waals surface area contributed by atoms with Crippen LogP contribution in [0.15, 0.2) is 30.5 Å². The molecular formula is C13H14ClNO2. The Bertz CT molecular complexity index is 431. The summed E-state index contributed by atoms with van der Waals surface area (Å²) in [4.78, 5) is 15.5. The number of ether oxygens (including phenoxy) is 1. The van der Waals surface area contributed by atoms with Crippen molar-refractivity contribution in [3.8, 4) is 0 Å². The quantitative estimate of drug-likeness (QED) is 0.470. The fourth-order valence-electron chi connectivity index (χ4n) is 1.81. The highest BCUT2D eigenvalue weighted by molar-refractivity contribution is 6.29. The molecular weight excluding hydrogens is 238 g/mol. The molecule has 0 saturated heterocycles. The molecule has 4 heteroatoms. The maximum atomic E-state index is 11.7. The molecule has 0 bridgehead atoms. The third kappa shape index (κ3) is 3.56. The number of esters is 1. The summed E-state index contributed by atoms with van der Waals surface area (Å²) in [6.45, 7) is 0.475. The Labute approximate surface area is 105 Å². The van der Waals surface area contributed by atoms with Gasteiger partial charge in [-0.25, -0.2) is 9.78 Å². The van der Waals surface area contributed by atoms with E-state index in [1.807, 2.05) is 0 Å². The van der Waals surface area contributed by atoms with Crippen LogP contribution in [-0.2, 0) is 4.74 Å². The first-order chi connectivity index (χ1) is 8.25. The number of hydrogen-bond acceptors (Lipinski definition) is 3. The Morgan fingerprint density at radius 1 is 1.53 bits per heavy atom. The van der Waals surface area contributed by atoms with Crippen molar-refractivity contribution in [2.24, 2.45) is 5.92 Å². The van der Waals surface area contributed by atoms with Crippen molar-refractivity contribution >= 4 is 17.6 Å². The molecule has 90 valence electrons. The number of aromatic nitrogens is 1. The lowest BCUT2D eigenvalue weighted by atomic mass is 9.95. The number of allylic oxidation sites excluding steroid dienone is 2. The third-order valence-electron chi connectivity index (χ3n) is 2.79. The Hall–Kier alpha value is -1.35. The summed E-state index contributed by atoms with van der Waals surface area (Å²) in [6.07, 6.45) is 8.96. The molecule has 1 aliphatic rings. The molecule has 2 rings (SSSR count). The van der Waals surface area contributed by atoms with Gasteiger partial charge in [-0.05, 0) is 37.3 Å². The van der Waals surface area contributed by atoms with E-state index in [9.17, 15) is 4.79 Å². The van der Waals surface area contributed by atoms with Crippen molar-refractivity contribution in [2.75, 3.05) is 6.61 Å². The SMILES string of the molecule is O=C(OCC1CC=CCC1)c1ccnc(Cl)c1. The number of carbonyl (C=O) groups is 1. The van der Waals surface area contributed by atoms with Crippen molar-refractivity contribution in [2.45, 2.75) is 19.3 Å². The molecule has 0 aliphatic heterocycles. The minimum atomic E-state index is -0.330.